The molecule has 6 nitrogen and oxygen atoms in total. The van der Waals surface area contributed by atoms with Crippen molar-refractivity contribution >= 4 is 11.9 Å². The van der Waals surface area contributed by atoms with Crippen LogP contribution < -0.4 is 10.1 Å². The fourth-order valence-corrected chi connectivity index (χ4v) is 4.58. The Bertz CT molecular complexity index is 1270. The lowest BCUT2D eigenvalue weighted by Crippen LogP contribution is -2.47. The van der Waals surface area contributed by atoms with E-state index in [-0.39, 0.29) is 11.9 Å². The zero-order valence-corrected chi connectivity index (χ0v) is 19.4. The maximum Gasteiger partial charge on any atom is 0.322 e. The van der Waals surface area contributed by atoms with Gasteiger partial charge in [-0.1, -0.05) is 78.9 Å². The van der Waals surface area contributed by atoms with E-state index in [0.717, 1.165) is 22.4 Å². The van der Waals surface area contributed by atoms with Crippen LogP contribution in [0.4, 0.5) is 4.79 Å². The first-order chi connectivity index (χ1) is 17.1. The van der Waals surface area contributed by atoms with Crippen molar-refractivity contribution in [2.45, 2.75) is 19.2 Å². The molecule has 3 amide bonds. The van der Waals surface area contributed by atoms with Gasteiger partial charge in [0.15, 0.2) is 0 Å². The number of benzene rings is 3. The lowest BCUT2D eigenvalue weighted by molar-refractivity contribution is -0.126. The van der Waals surface area contributed by atoms with Crippen LogP contribution >= 0.6 is 0 Å². The van der Waals surface area contributed by atoms with Crippen molar-refractivity contribution in [1.29, 1.82) is 0 Å². The number of hydrogen-bond donors (Lipinski definition) is 1. The molecule has 0 saturated carbocycles. The maximum atomic E-state index is 13.6. The average Bonchev–Trinajstić information content (AvgIpc) is 3.21. The van der Waals surface area contributed by atoms with Crippen molar-refractivity contribution < 1.29 is 14.3 Å². The number of ether oxygens (including phenoxy) is 1. The van der Waals surface area contributed by atoms with Crippen LogP contribution in [0.5, 0.6) is 5.75 Å². The Morgan fingerprint density at radius 1 is 0.943 bits per heavy atom. The lowest BCUT2D eigenvalue weighted by Gasteiger charge is -2.33. The molecule has 6 heteroatoms. The van der Waals surface area contributed by atoms with Gasteiger partial charge in [0.05, 0.1) is 23.9 Å². The zero-order valence-electron chi connectivity index (χ0n) is 19.4. The molecule has 0 bridgehead atoms. The molecule has 0 aliphatic carbocycles. The van der Waals surface area contributed by atoms with Gasteiger partial charge in [0, 0.05) is 13.1 Å². The molecule has 2 aliphatic heterocycles. The summed E-state index contributed by atoms with van der Waals surface area (Å²) < 4.78 is 6.00. The summed E-state index contributed by atoms with van der Waals surface area (Å²) >= 11 is 0. The molecule has 2 aliphatic rings. The summed E-state index contributed by atoms with van der Waals surface area (Å²) in [4.78, 5) is 30.1. The molecule has 2 heterocycles. The van der Waals surface area contributed by atoms with Crippen molar-refractivity contribution in [2.24, 2.45) is 0 Å². The smallest absolute Gasteiger partial charge is 0.322 e. The molecule has 35 heavy (non-hydrogen) atoms. The zero-order chi connectivity index (χ0) is 24.2. The third kappa shape index (κ3) is 4.68. The number of carbonyl (C=O) groups excluding carboxylic acids is 2. The third-order valence-corrected chi connectivity index (χ3v) is 6.26. The number of rotatable bonds is 8. The molecule has 176 valence electrons. The van der Waals surface area contributed by atoms with Crippen molar-refractivity contribution in [1.82, 2.24) is 15.1 Å². The molecule has 3 aromatic rings. The fraction of sp³-hybridized carbons (Fsp3) is 0.172. The number of nitrogens with one attached hydrogen (secondary N) is 1. The van der Waals surface area contributed by atoms with Crippen molar-refractivity contribution in [3.8, 4) is 5.75 Å². The van der Waals surface area contributed by atoms with E-state index in [2.05, 4.69) is 11.9 Å². The monoisotopic (exact) mass is 465 g/mol. The van der Waals surface area contributed by atoms with E-state index in [1.54, 1.807) is 15.9 Å². The largest absolute Gasteiger partial charge is 0.489 e. The molecule has 1 atom stereocenters. The topological polar surface area (TPSA) is 61.9 Å². The van der Waals surface area contributed by atoms with Crippen LogP contribution in [-0.4, -0.2) is 34.8 Å². The Labute approximate surface area is 205 Å². The van der Waals surface area contributed by atoms with Crippen LogP contribution in [-0.2, 0) is 17.9 Å². The molecule has 0 spiro atoms. The molecule has 0 radical (unpaired) electrons. The molecular weight excluding hydrogens is 438 g/mol. The van der Waals surface area contributed by atoms with Crippen LogP contribution in [0, 0.1) is 0 Å². The van der Waals surface area contributed by atoms with Gasteiger partial charge in [-0.25, -0.2) is 4.79 Å². The van der Waals surface area contributed by atoms with Crippen LogP contribution in [0.2, 0.25) is 0 Å². The summed E-state index contributed by atoms with van der Waals surface area (Å²) in [5.74, 6) is 0.612. The summed E-state index contributed by atoms with van der Waals surface area (Å²) in [6.45, 7) is 5.42. The van der Waals surface area contributed by atoms with Crippen LogP contribution in [0.3, 0.4) is 0 Å². The van der Waals surface area contributed by atoms with E-state index in [0.29, 0.717) is 37.6 Å². The number of amides is 3. The van der Waals surface area contributed by atoms with E-state index < -0.39 is 6.04 Å². The van der Waals surface area contributed by atoms with Crippen LogP contribution in [0.1, 0.15) is 22.7 Å². The maximum absolute atomic E-state index is 13.6. The molecular formula is C29H27N3O3. The molecule has 5 rings (SSSR count). The Morgan fingerprint density at radius 3 is 2.37 bits per heavy atom. The first-order valence-corrected chi connectivity index (χ1v) is 11.7. The molecule has 0 saturated heterocycles. The summed E-state index contributed by atoms with van der Waals surface area (Å²) in [5.41, 5.74) is 4.25. The van der Waals surface area contributed by atoms with Gasteiger partial charge in [0.25, 0.3) is 5.91 Å². The highest BCUT2D eigenvalue weighted by atomic mass is 16.5. The predicted molar refractivity (Wildman–Crippen MR) is 134 cm³/mol. The quantitative estimate of drug-likeness (QED) is 0.486. The van der Waals surface area contributed by atoms with Gasteiger partial charge in [-0.15, -0.1) is 6.58 Å². The van der Waals surface area contributed by atoms with Crippen molar-refractivity contribution in [3.63, 3.8) is 0 Å². The highest BCUT2D eigenvalue weighted by Crippen LogP contribution is 2.37. The van der Waals surface area contributed by atoms with E-state index in [1.807, 2.05) is 84.9 Å². The predicted octanol–water partition coefficient (Wildman–Crippen LogP) is 4.81. The Balaban J connectivity index is 1.43. The van der Waals surface area contributed by atoms with E-state index in [9.17, 15) is 9.59 Å². The summed E-state index contributed by atoms with van der Waals surface area (Å²) in [6.07, 6.45) is 1.67. The number of carbonyl (C=O) groups is 2. The minimum atomic E-state index is -0.549. The van der Waals surface area contributed by atoms with Gasteiger partial charge < -0.3 is 15.0 Å². The minimum Gasteiger partial charge on any atom is -0.489 e. The van der Waals surface area contributed by atoms with Gasteiger partial charge in [-0.05, 0) is 28.8 Å². The summed E-state index contributed by atoms with van der Waals surface area (Å²) in [5, 5.41) is 3.03. The minimum absolute atomic E-state index is 0.0708. The molecule has 3 aromatic carbocycles. The molecule has 1 N–H and O–H groups in total. The molecule has 0 aromatic heterocycles. The summed E-state index contributed by atoms with van der Waals surface area (Å²) in [7, 11) is 0. The van der Waals surface area contributed by atoms with Crippen LogP contribution in [0.25, 0.3) is 0 Å². The van der Waals surface area contributed by atoms with Crippen LogP contribution in [0.15, 0.2) is 109 Å². The Hall–Kier alpha value is -4.32. The van der Waals surface area contributed by atoms with Gasteiger partial charge in [-0.3, -0.25) is 9.69 Å². The van der Waals surface area contributed by atoms with Gasteiger partial charge in [-0.2, -0.15) is 0 Å². The van der Waals surface area contributed by atoms with Gasteiger partial charge >= 0.3 is 6.03 Å². The second kappa shape index (κ2) is 9.89. The number of hydrogen-bond acceptors (Lipinski definition) is 3. The highest BCUT2D eigenvalue weighted by molar-refractivity contribution is 6.01. The Kier molecular flexibility index (Phi) is 6.35. The second-order valence-corrected chi connectivity index (χ2v) is 8.64. The first kappa shape index (κ1) is 22.5. The molecule has 0 fully saturated rings. The normalized spacial score (nSPS) is 17.3. The molecule has 0 unspecified atom stereocenters. The van der Waals surface area contributed by atoms with E-state index in [4.69, 9.17) is 4.74 Å². The van der Waals surface area contributed by atoms with Crippen molar-refractivity contribution in [3.05, 3.63) is 126 Å². The van der Waals surface area contributed by atoms with Gasteiger partial charge in [0.1, 0.15) is 12.4 Å². The van der Waals surface area contributed by atoms with Crippen molar-refractivity contribution in [2.75, 3.05) is 13.1 Å². The van der Waals surface area contributed by atoms with E-state index in [1.165, 1.54) is 0 Å². The number of nitrogens with zero attached hydrogens (tertiary/aromatic N) is 2. The number of urea groups is 1. The summed E-state index contributed by atoms with van der Waals surface area (Å²) in [6, 6.07) is 26.6. The van der Waals surface area contributed by atoms with Gasteiger partial charge in [0.2, 0.25) is 0 Å². The standard InChI is InChI=1S/C29H27N3O3/c1-2-16-32-25-19-31(18-21-10-5-3-6-11-21)28(33)26(25)27(30-29(32)34)23-14-9-15-24(17-23)35-20-22-12-7-4-8-13-22/h2-15,17,27H,1,16,18-20H2,(H,30,34)/t27-/m0/s1. The fourth-order valence-electron chi connectivity index (χ4n) is 4.58. The van der Waals surface area contributed by atoms with E-state index >= 15 is 0 Å². The lowest BCUT2D eigenvalue weighted by atomic mass is 9.95. The second-order valence-electron chi connectivity index (χ2n) is 8.64. The highest BCUT2D eigenvalue weighted by Gasteiger charge is 2.43. The third-order valence-electron chi connectivity index (χ3n) is 6.26. The first-order valence-electron chi connectivity index (χ1n) is 11.7. The SMILES string of the molecule is C=CCN1C(=O)N[C@@H](c2cccc(OCc3ccccc3)c2)C2=C1CN(Cc1ccccc1)C2=O. The Morgan fingerprint density at radius 2 is 1.66 bits per heavy atom. The average molecular weight is 466 g/mol.